The average molecular weight is 254 g/mol. The van der Waals surface area contributed by atoms with Gasteiger partial charge >= 0.3 is 0 Å². The standard InChI is InChI=1S/C15H18N4/c1-9-7-13-12(14(16)19-15(17)18-13)8-11(9)10-5-3-2-4-6-10/h2-6,9,11H,7-8H2,1H3,(H4,16,17,18,19). The molecule has 0 aliphatic heterocycles. The third kappa shape index (κ3) is 2.14. The minimum Gasteiger partial charge on any atom is -0.383 e. The summed E-state index contributed by atoms with van der Waals surface area (Å²) in [6, 6.07) is 10.6. The van der Waals surface area contributed by atoms with E-state index in [1.54, 1.807) is 0 Å². The number of benzene rings is 1. The minimum atomic E-state index is 0.279. The van der Waals surface area contributed by atoms with E-state index in [-0.39, 0.29) is 5.95 Å². The van der Waals surface area contributed by atoms with E-state index in [0.717, 1.165) is 24.1 Å². The highest BCUT2D eigenvalue weighted by Gasteiger charge is 2.29. The molecule has 2 aromatic rings. The Kier molecular flexibility index (Phi) is 2.85. The van der Waals surface area contributed by atoms with Crippen LogP contribution in [0.25, 0.3) is 0 Å². The van der Waals surface area contributed by atoms with E-state index in [9.17, 15) is 0 Å². The van der Waals surface area contributed by atoms with Crippen molar-refractivity contribution in [2.75, 3.05) is 11.5 Å². The molecule has 1 aromatic carbocycles. The molecule has 19 heavy (non-hydrogen) atoms. The molecule has 0 amide bonds. The van der Waals surface area contributed by atoms with Crippen LogP contribution < -0.4 is 11.5 Å². The Morgan fingerprint density at radius 1 is 1.05 bits per heavy atom. The molecule has 1 heterocycles. The van der Waals surface area contributed by atoms with Gasteiger partial charge in [0.05, 0.1) is 5.69 Å². The molecule has 4 N–H and O–H groups in total. The lowest BCUT2D eigenvalue weighted by atomic mass is 9.75. The monoisotopic (exact) mass is 254 g/mol. The Balaban J connectivity index is 2.00. The maximum atomic E-state index is 6.00. The predicted octanol–water partition coefficient (Wildman–Crippen LogP) is 2.16. The number of fused-ring (bicyclic) bond motifs is 1. The molecule has 1 aliphatic carbocycles. The van der Waals surface area contributed by atoms with Crippen LogP contribution in [0.1, 0.15) is 29.7 Å². The van der Waals surface area contributed by atoms with Gasteiger partial charge in [-0.3, -0.25) is 0 Å². The Labute approximate surface area is 112 Å². The van der Waals surface area contributed by atoms with Crippen molar-refractivity contribution >= 4 is 11.8 Å². The predicted molar refractivity (Wildman–Crippen MR) is 76.6 cm³/mol. The van der Waals surface area contributed by atoms with Gasteiger partial charge in [0.25, 0.3) is 0 Å². The Hall–Kier alpha value is -2.10. The second-order valence-electron chi connectivity index (χ2n) is 5.30. The Morgan fingerprint density at radius 3 is 2.53 bits per heavy atom. The van der Waals surface area contributed by atoms with E-state index in [1.807, 2.05) is 6.07 Å². The van der Waals surface area contributed by atoms with E-state index in [1.165, 1.54) is 5.56 Å². The molecule has 98 valence electrons. The second-order valence-corrected chi connectivity index (χ2v) is 5.30. The topological polar surface area (TPSA) is 77.8 Å². The van der Waals surface area contributed by atoms with Crippen LogP contribution in [0.3, 0.4) is 0 Å². The van der Waals surface area contributed by atoms with Crippen LogP contribution in [0.5, 0.6) is 0 Å². The van der Waals surface area contributed by atoms with Crippen LogP contribution in [0, 0.1) is 5.92 Å². The van der Waals surface area contributed by atoms with Crippen molar-refractivity contribution in [3.05, 3.63) is 47.2 Å². The Morgan fingerprint density at radius 2 is 1.79 bits per heavy atom. The van der Waals surface area contributed by atoms with Gasteiger partial charge in [0.15, 0.2) is 0 Å². The van der Waals surface area contributed by atoms with Crippen LogP contribution in [0.15, 0.2) is 30.3 Å². The third-order valence-electron chi connectivity index (χ3n) is 4.00. The largest absolute Gasteiger partial charge is 0.383 e. The molecule has 0 fully saturated rings. The fraction of sp³-hybridized carbons (Fsp3) is 0.333. The molecule has 0 saturated carbocycles. The van der Waals surface area contributed by atoms with E-state index in [4.69, 9.17) is 11.5 Å². The van der Waals surface area contributed by atoms with Gasteiger partial charge in [0.2, 0.25) is 5.95 Å². The first kappa shape index (κ1) is 12.0. The molecule has 4 heteroatoms. The molecule has 0 radical (unpaired) electrons. The molecule has 4 nitrogen and oxygen atoms in total. The van der Waals surface area contributed by atoms with Crippen molar-refractivity contribution in [3.8, 4) is 0 Å². The number of nitrogen functional groups attached to an aromatic ring is 2. The van der Waals surface area contributed by atoms with Crippen LogP contribution in [-0.4, -0.2) is 9.97 Å². The molecular formula is C15H18N4. The lowest BCUT2D eigenvalue weighted by molar-refractivity contribution is 0.421. The third-order valence-corrected chi connectivity index (χ3v) is 4.00. The summed E-state index contributed by atoms with van der Waals surface area (Å²) in [7, 11) is 0. The number of hydrogen-bond acceptors (Lipinski definition) is 4. The van der Waals surface area contributed by atoms with Crippen molar-refractivity contribution in [1.82, 2.24) is 9.97 Å². The summed E-state index contributed by atoms with van der Waals surface area (Å²) in [6.45, 7) is 2.26. The smallest absolute Gasteiger partial charge is 0.222 e. The minimum absolute atomic E-state index is 0.279. The molecular weight excluding hydrogens is 236 g/mol. The molecule has 0 spiro atoms. The highest BCUT2D eigenvalue weighted by Crippen LogP contribution is 2.37. The number of rotatable bonds is 1. The maximum absolute atomic E-state index is 6.00. The summed E-state index contributed by atoms with van der Waals surface area (Å²) in [5, 5.41) is 0. The fourth-order valence-corrected chi connectivity index (χ4v) is 2.98. The molecule has 1 aliphatic rings. The number of nitrogens with zero attached hydrogens (tertiary/aromatic N) is 2. The molecule has 3 rings (SSSR count). The van der Waals surface area contributed by atoms with Gasteiger partial charge in [-0.05, 0) is 30.2 Å². The van der Waals surface area contributed by atoms with Gasteiger partial charge in [-0.25, -0.2) is 4.98 Å². The van der Waals surface area contributed by atoms with Crippen molar-refractivity contribution in [2.24, 2.45) is 5.92 Å². The zero-order valence-electron chi connectivity index (χ0n) is 11.0. The summed E-state index contributed by atoms with van der Waals surface area (Å²) < 4.78 is 0. The van der Waals surface area contributed by atoms with Gasteiger partial charge in [-0.2, -0.15) is 4.98 Å². The summed E-state index contributed by atoms with van der Waals surface area (Å²) in [5.74, 6) is 1.82. The molecule has 0 bridgehead atoms. The van der Waals surface area contributed by atoms with Crippen LogP contribution in [-0.2, 0) is 12.8 Å². The average Bonchev–Trinajstić information content (AvgIpc) is 2.38. The lowest BCUT2D eigenvalue weighted by Gasteiger charge is -2.31. The van der Waals surface area contributed by atoms with E-state index in [0.29, 0.717) is 17.7 Å². The van der Waals surface area contributed by atoms with E-state index >= 15 is 0 Å². The summed E-state index contributed by atoms with van der Waals surface area (Å²) in [5.41, 5.74) is 15.1. The molecule has 0 saturated heterocycles. The van der Waals surface area contributed by atoms with E-state index in [2.05, 4.69) is 41.2 Å². The fourth-order valence-electron chi connectivity index (χ4n) is 2.98. The zero-order chi connectivity index (χ0) is 13.4. The summed E-state index contributed by atoms with van der Waals surface area (Å²) >= 11 is 0. The van der Waals surface area contributed by atoms with Gasteiger partial charge in [0, 0.05) is 5.56 Å². The highest BCUT2D eigenvalue weighted by molar-refractivity contribution is 5.48. The first-order valence-corrected chi connectivity index (χ1v) is 6.61. The Bertz CT molecular complexity index is 595. The van der Waals surface area contributed by atoms with Gasteiger partial charge in [-0.1, -0.05) is 37.3 Å². The van der Waals surface area contributed by atoms with Crippen LogP contribution in [0.4, 0.5) is 11.8 Å². The first-order chi connectivity index (χ1) is 9.15. The number of nitrogens with two attached hydrogens (primary N) is 2. The van der Waals surface area contributed by atoms with Crippen LogP contribution >= 0.6 is 0 Å². The number of anilines is 2. The van der Waals surface area contributed by atoms with Crippen LogP contribution in [0.2, 0.25) is 0 Å². The second kappa shape index (κ2) is 4.53. The SMILES string of the molecule is CC1Cc2nc(N)nc(N)c2CC1c1ccccc1. The zero-order valence-corrected chi connectivity index (χ0v) is 11.0. The molecule has 1 aromatic heterocycles. The molecule has 2 unspecified atom stereocenters. The number of aromatic nitrogens is 2. The van der Waals surface area contributed by atoms with Crippen molar-refractivity contribution < 1.29 is 0 Å². The summed E-state index contributed by atoms with van der Waals surface area (Å²) in [6.07, 6.45) is 1.80. The molecule has 2 atom stereocenters. The summed E-state index contributed by atoms with van der Waals surface area (Å²) in [4.78, 5) is 8.42. The van der Waals surface area contributed by atoms with Gasteiger partial charge in [0.1, 0.15) is 5.82 Å². The van der Waals surface area contributed by atoms with E-state index < -0.39 is 0 Å². The highest BCUT2D eigenvalue weighted by atomic mass is 15.0. The number of hydrogen-bond donors (Lipinski definition) is 2. The van der Waals surface area contributed by atoms with Crippen molar-refractivity contribution in [2.45, 2.75) is 25.7 Å². The maximum Gasteiger partial charge on any atom is 0.222 e. The lowest BCUT2D eigenvalue weighted by Crippen LogP contribution is -2.24. The van der Waals surface area contributed by atoms with Gasteiger partial charge in [-0.15, -0.1) is 0 Å². The van der Waals surface area contributed by atoms with Crippen molar-refractivity contribution in [1.29, 1.82) is 0 Å². The van der Waals surface area contributed by atoms with Gasteiger partial charge < -0.3 is 11.5 Å². The first-order valence-electron chi connectivity index (χ1n) is 6.61. The quantitative estimate of drug-likeness (QED) is 0.817. The normalized spacial score (nSPS) is 21.9. The van der Waals surface area contributed by atoms with Crippen molar-refractivity contribution in [3.63, 3.8) is 0 Å².